The second-order valence-corrected chi connectivity index (χ2v) is 6.20. The lowest BCUT2D eigenvalue weighted by Gasteiger charge is -2.27. The van der Waals surface area contributed by atoms with E-state index < -0.39 is 12.0 Å². The van der Waals surface area contributed by atoms with Gasteiger partial charge in [0.1, 0.15) is 6.04 Å². The summed E-state index contributed by atoms with van der Waals surface area (Å²) in [5, 5.41) is 9.88. The third kappa shape index (κ3) is 3.29. The molecule has 4 nitrogen and oxygen atoms in total. The predicted octanol–water partition coefficient (Wildman–Crippen LogP) is 2.97. The van der Waals surface area contributed by atoms with E-state index in [1.807, 2.05) is 13.8 Å². The molecule has 0 saturated carbocycles. The van der Waals surface area contributed by atoms with Crippen LogP contribution < -0.4 is 4.90 Å². The van der Waals surface area contributed by atoms with Crippen LogP contribution in [-0.4, -0.2) is 23.5 Å². The highest BCUT2D eigenvalue weighted by Crippen LogP contribution is 2.32. The van der Waals surface area contributed by atoms with Crippen LogP contribution in [0, 0.1) is 5.92 Å². The minimum absolute atomic E-state index is 0.0985. The van der Waals surface area contributed by atoms with E-state index >= 15 is 0 Å². The number of carbonyl (C=O) groups excluding carboxylic acids is 1. The molecule has 1 amide bonds. The van der Waals surface area contributed by atoms with E-state index in [0.29, 0.717) is 17.8 Å². The summed E-state index contributed by atoms with van der Waals surface area (Å²) in [6.07, 6.45) is 1.29. The van der Waals surface area contributed by atoms with E-state index in [2.05, 4.69) is 15.9 Å². The Morgan fingerprint density at radius 2 is 2.29 bits per heavy atom. The number of carboxylic acid groups (broad SMARTS) is 1. The zero-order valence-corrected chi connectivity index (χ0v) is 12.0. The summed E-state index contributed by atoms with van der Waals surface area (Å²) in [5.41, 5.74) is 0. The third-order valence-electron chi connectivity index (χ3n) is 2.66. The number of thiophene rings is 1. The van der Waals surface area contributed by atoms with Crippen LogP contribution in [0.25, 0.3) is 0 Å². The Morgan fingerprint density at radius 3 is 2.65 bits per heavy atom. The SMILES string of the molecule is CCC(C)C(C(=O)O)N(C=O)c1ccc(Br)s1. The summed E-state index contributed by atoms with van der Waals surface area (Å²) >= 11 is 4.64. The number of hydrogen-bond donors (Lipinski definition) is 1. The lowest BCUT2D eigenvalue weighted by molar-refractivity contribution is -0.140. The number of halogens is 1. The maximum Gasteiger partial charge on any atom is 0.327 e. The average Bonchev–Trinajstić information content (AvgIpc) is 2.70. The Balaban J connectivity index is 3.05. The quantitative estimate of drug-likeness (QED) is 0.820. The van der Waals surface area contributed by atoms with Crippen LogP contribution in [-0.2, 0) is 9.59 Å². The molecule has 1 heterocycles. The number of carboxylic acids is 1. The fourth-order valence-electron chi connectivity index (χ4n) is 1.56. The first-order valence-corrected chi connectivity index (χ1v) is 6.84. The van der Waals surface area contributed by atoms with Gasteiger partial charge in [-0.25, -0.2) is 4.79 Å². The van der Waals surface area contributed by atoms with Gasteiger partial charge < -0.3 is 5.11 Å². The Labute approximate surface area is 112 Å². The lowest BCUT2D eigenvalue weighted by atomic mass is 9.98. The fraction of sp³-hybridized carbons (Fsp3) is 0.455. The van der Waals surface area contributed by atoms with E-state index in [9.17, 15) is 14.7 Å². The monoisotopic (exact) mass is 319 g/mol. The molecule has 6 heteroatoms. The summed E-state index contributed by atoms with van der Waals surface area (Å²) in [6, 6.07) is 2.72. The molecule has 0 fully saturated rings. The Bertz CT molecular complexity index is 407. The summed E-state index contributed by atoms with van der Waals surface area (Å²) in [7, 11) is 0. The molecule has 2 unspecified atom stereocenters. The molecule has 1 aromatic heterocycles. The molecular formula is C11H14BrNO3S. The van der Waals surface area contributed by atoms with Crippen molar-refractivity contribution in [3.05, 3.63) is 15.9 Å². The van der Waals surface area contributed by atoms with Crippen LogP contribution >= 0.6 is 27.3 Å². The van der Waals surface area contributed by atoms with Crippen LogP contribution in [0.2, 0.25) is 0 Å². The molecule has 2 atom stereocenters. The average molecular weight is 320 g/mol. The number of rotatable bonds is 6. The molecular weight excluding hydrogens is 306 g/mol. The van der Waals surface area contributed by atoms with Crippen molar-refractivity contribution in [3.8, 4) is 0 Å². The molecule has 0 bridgehead atoms. The van der Waals surface area contributed by atoms with Gasteiger partial charge >= 0.3 is 5.97 Å². The molecule has 0 aliphatic rings. The zero-order chi connectivity index (χ0) is 13.0. The minimum Gasteiger partial charge on any atom is -0.480 e. The van der Waals surface area contributed by atoms with Gasteiger partial charge in [-0.1, -0.05) is 20.3 Å². The van der Waals surface area contributed by atoms with Crippen molar-refractivity contribution in [2.75, 3.05) is 4.90 Å². The summed E-state index contributed by atoms with van der Waals surface area (Å²) in [4.78, 5) is 23.7. The van der Waals surface area contributed by atoms with E-state index in [4.69, 9.17) is 0 Å². The molecule has 0 radical (unpaired) electrons. The van der Waals surface area contributed by atoms with Crippen LogP contribution in [0.5, 0.6) is 0 Å². The second kappa shape index (κ2) is 6.16. The molecule has 94 valence electrons. The molecule has 0 saturated heterocycles. The van der Waals surface area contributed by atoms with E-state index in [-0.39, 0.29) is 5.92 Å². The van der Waals surface area contributed by atoms with Gasteiger partial charge in [-0.15, -0.1) is 11.3 Å². The topological polar surface area (TPSA) is 57.6 Å². The predicted molar refractivity (Wildman–Crippen MR) is 71.4 cm³/mol. The van der Waals surface area contributed by atoms with Crippen molar-refractivity contribution >= 4 is 44.6 Å². The van der Waals surface area contributed by atoms with Gasteiger partial charge in [0.05, 0.1) is 8.79 Å². The molecule has 0 spiro atoms. The van der Waals surface area contributed by atoms with E-state index in [0.717, 1.165) is 3.79 Å². The Hall–Kier alpha value is -0.880. The van der Waals surface area contributed by atoms with Crippen molar-refractivity contribution in [1.29, 1.82) is 0 Å². The molecule has 0 aliphatic heterocycles. The lowest BCUT2D eigenvalue weighted by Crippen LogP contribution is -2.44. The smallest absolute Gasteiger partial charge is 0.327 e. The number of hydrogen-bond acceptors (Lipinski definition) is 3. The van der Waals surface area contributed by atoms with Crippen molar-refractivity contribution in [2.24, 2.45) is 5.92 Å². The molecule has 1 N–H and O–H groups in total. The molecule has 1 aromatic rings. The van der Waals surface area contributed by atoms with Gasteiger partial charge in [0, 0.05) is 0 Å². The fourth-order valence-corrected chi connectivity index (χ4v) is 2.92. The molecule has 1 rings (SSSR count). The summed E-state index contributed by atoms with van der Waals surface area (Å²) in [5.74, 6) is -1.07. The maximum atomic E-state index is 11.3. The van der Waals surface area contributed by atoms with Gasteiger partial charge in [0.2, 0.25) is 6.41 Å². The van der Waals surface area contributed by atoms with Crippen molar-refractivity contribution in [1.82, 2.24) is 0 Å². The number of anilines is 1. The number of nitrogens with zero attached hydrogens (tertiary/aromatic N) is 1. The summed E-state index contributed by atoms with van der Waals surface area (Å²) in [6.45, 7) is 3.74. The highest BCUT2D eigenvalue weighted by atomic mass is 79.9. The Kier molecular flexibility index (Phi) is 5.14. The van der Waals surface area contributed by atoms with E-state index in [1.54, 1.807) is 12.1 Å². The van der Waals surface area contributed by atoms with Crippen molar-refractivity contribution in [3.63, 3.8) is 0 Å². The first-order chi connectivity index (χ1) is 8.01. The third-order valence-corrected chi connectivity index (χ3v) is 4.30. The minimum atomic E-state index is -0.976. The van der Waals surface area contributed by atoms with Crippen LogP contribution in [0.4, 0.5) is 5.00 Å². The molecule has 0 aromatic carbocycles. The number of carbonyl (C=O) groups is 2. The number of amides is 1. The van der Waals surface area contributed by atoms with E-state index in [1.165, 1.54) is 16.2 Å². The first-order valence-electron chi connectivity index (χ1n) is 5.23. The van der Waals surface area contributed by atoms with Crippen LogP contribution in [0.15, 0.2) is 15.9 Å². The standard InChI is InChI=1S/C11H14BrNO3S/c1-3-7(2)10(11(15)16)13(6-14)9-5-4-8(12)17-9/h4-7,10H,3H2,1-2H3,(H,15,16). The van der Waals surface area contributed by atoms with Crippen LogP contribution in [0.1, 0.15) is 20.3 Å². The second-order valence-electron chi connectivity index (χ2n) is 3.76. The largest absolute Gasteiger partial charge is 0.480 e. The van der Waals surface area contributed by atoms with Crippen LogP contribution in [0.3, 0.4) is 0 Å². The molecule has 17 heavy (non-hydrogen) atoms. The van der Waals surface area contributed by atoms with Gasteiger partial charge in [-0.3, -0.25) is 9.69 Å². The zero-order valence-electron chi connectivity index (χ0n) is 9.59. The highest BCUT2D eigenvalue weighted by Gasteiger charge is 2.31. The normalized spacial score (nSPS) is 14.1. The molecule has 0 aliphatic carbocycles. The van der Waals surface area contributed by atoms with Gasteiger partial charge in [0.25, 0.3) is 0 Å². The van der Waals surface area contributed by atoms with Gasteiger partial charge in [-0.2, -0.15) is 0 Å². The number of aliphatic carboxylic acids is 1. The Morgan fingerprint density at radius 1 is 1.65 bits per heavy atom. The highest BCUT2D eigenvalue weighted by molar-refractivity contribution is 9.11. The maximum absolute atomic E-state index is 11.3. The van der Waals surface area contributed by atoms with Gasteiger partial charge in [0.15, 0.2) is 0 Å². The summed E-state index contributed by atoms with van der Waals surface area (Å²) < 4.78 is 0.868. The van der Waals surface area contributed by atoms with Crippen molar-refractivity contribution < 1.29 is 14.7 Å². The first kappa shape index (κ1) is 14.2. The van der Waals surface area contributed by atoms with Crippen molar-refractivity contribution in [2.45, 2.75) is 26.3 Å². The van der Waals surface area contributed by atoms with Gasteiger partial charge in [-0.05, 0) is 34.0 Å².